The van der Waals surface area contributed by atoms with E-state index < -0.39 is 160 Å². The molecule has 1 aliphatic rings. The lowest BCUT2D eigenvalue weighted by Gasteiger charge is -2.36. The quantitative estimate of drug-likeness (QED) is 0.00402. The predicted octanol–water partition coefficient (Wildman–Crippen LogP) is 27.1. The third-order valence-corrected chi connectivity index (χ3v) is 18.8. The molecule has 6 N–H and O–H groups in total. The number of alkyl halides is 19. The van der Waals surface area contributed by atoms with E-state index in [2.05, 4.69) is 100.0 Å². The van der Waals surface area contributed by atoms with Crippen LogP contribution in [-0.4, -0.2) is 238 Å². The normalized spacial score (nSPS) is 13.1. The highest BCUT2D eigenvalue weighted by Gasteiger charge is 2.81. The van der Waals surface area contributed by atoms with E-state index in [1.54, 1.807) is 37.2 Å². The molecule has 0 aromatic heterocycles. The maximum absolute atomic E-state index is 13.9. The van der Waals surface area contributed by atoms with Crippen LogP contribution in [0.25, 0.3) is 5.03 Å². The lowest BCUT2D eigenvalue weighted by molar-refractivity contribution is -0.373. The monoisotopic (exact) mass is 2330 g/mol. The Balaban J connectivity index is -0.000000312. The molecule has 0 fully saturated rings. The lowest BCUT2D eigenvalue weighted by Crippen LogP contribution is -2.64. The van der Waals surface area contributed by atoms with Crippen molar-refractivity contribution in [3.05, 3.63) is 153 Å². The maximum Gasteiger partial charge on any atom is 0.381 e. The molecule has 1 aliphatic heterocycles. The standard InChI is InChI=1S/C21H22F8O5.C16H22O5.C15H18Cl2O2.C14H18O5.C10H10O5.C6H13Br.C6H6F8O2.C2H7BO.CH2Cl2.3CH4.Cl2O2S/c1-2-3-4-5-7-32-15-10-13-9-14(11-15)17(31)34-12-19(24,25)21(28,29)20(26,27)18(22,23)6-8-33-16(13)30;1-4-5-6-7-8-21-14-10-12(15(17)19-2)9-13(11-14)16(18)20-3;1-3-4-5-6-7-19-14-9-12(11(2)16)8-13(10-14)15(17)18;1-2-3-4-5-6-19-12-8-10(13(15)16)7-11(9-12)14(17)18;1-14-9(12)6-3-7(10(13)15-2)5-8(11)4-6;1-2-3-4-5-6-7;7-3(8,1-15)5(11,12)6(13,14)4(9,10)2-16;1-3(2)4;2-1-3;;;;1-5(2,3)4/h9-11H,2-8,12H2,1H3;9-11H,4-8H2,1-3H3;8-10H,2-7H2,1H3;7-9H,2-6H2,1H3,(H,15,16)(H,17,18);3-5,11H,1-2H3;2-6H2,1H3;15-16H,1-2H2;4H,1-2H3;1H2;3*1H4;/i;;;;;;;1D;;;;;. The van der Waals surface area contributed by atoms with E-state index in [9.17, 15) is 119 Å². The van der Waals surface area contributed by atoms with Gasteiger partial charge in [-0.2, -0.15) is 78.7 Å². The first-order valence-corrected chi connectivity index (χ1v) is 49.2. The van der Waals surface area contributed by atoms with Crippen molar-refractivity contribution in [1.82, 2.24) is 0 Å². The Morgan fingerprint density at radius 3 is 0.993 bits per heavy atom. The van der Waals surface area contributed by atoms with Crippen molar-refractivity contribution in [2.75, 3.05) is 92.0 Å². The van der Waals surface area contributed by atoms with Gasteiger partial charge in [0.25, 0.3) is 12.2 Å². The molecule has 0 saturated heterocycles. The summed E-state index contributed by atoms with van der Waals surface area (Å²) >= 11 is 24.2. The van der Waals surface area contributed by atoms with Crippen molar-refractivity contribution >= 4 is 157 Å². The van der Waals surface area contributed by atoms with Gasteiger partial charge >= 0.3 is 103 Å². The van der Waals surface area contributed by atoms with E-state index >= 15 is 0 Å². The number of halogens is 23. The highest BCUT2D eigenvalue weighted by Crippen LogP contribution is 2.55. The average molecular weight is 2330 g/mol. The molecule has 0 unspecified atom stereocenters. The topological polar surface area (TPSA) is 401 Å². The van der Waals surface area contributed by atoms with Crippen LogP contribution in [0.1, 0.15) is 292 Å². The van der Waals surface area contributed by atoms with Gasteiger partial charge in [0.15, 0.2) is 6.61 Å². The zero-order chi connectivity index (χ0) is 112. The number of carboxylic acid groups (broad SMARTS) is 2. The molecule has 5 aromatic rings. The molecular formula is C94H130BBrCl6F16O27S. The Labute approximate surface area is 879 Å². The van der Waals surface area contributed by atoms with Crippen LogP contribution in [0.5, 0.6) is 28.7 Å². The van der Waals surface area contributed by atoms with E-state index in [0.717, 1.165) is 101 Å². The number of carboxylic acids is 2. The van der Waals surface area contributed by atoms with Gasteiger partial charge in [0.2, 0.25) is 0 Å². The molecule has 2 bridgehead atoms. The second-order valence-electron chi connectivity index (χ2n) is 29.6. The summed E-state index contributed by atoms with van der Waals surface area (Å²) in [7, 11) is 9.82. The zero-order valence-corrected chi connectivity index (χ0v) is 86.4. The van der Waals surface area contributed by atoms with E-state index in [0.29, 0.717) is 53.9 Å². The number of benzene rings is 5. The Bertz CT molecular complexity index is 4570. The van der Waals surface area contributed by atoms with Gasteiger partial charge in [-0.25, -0.2) is 38.4 Å². The zero-order valence-electron chi connectivity index (χ0n) is 80.4. The largest absolute Gasteiger partial charge is 0.508 e. The molecular weight excluding hydrogens is 2200 g/mol. The van der Waals surface area contributed by atoms with Crippen LogP contribution in [0.3, 0.4) is 0 Å². The number of methoxy groups -OCH3 is 4. The summed E-state index contributed by atoms with van der Waals surface area (Å²) in [6.07, 6.45) is 19.6. The number of aliphatic hydroxyl groups excluding tert-OH is 2. The minimum absolute atomic E-state index is 0. The number of esters is 6. The van der Waals surface area contributed by atoms with Crippen molar-refractivity contribution < 1.29 is 201 Å². The Morgan fingerprint density at radius 1 is 0.459 bits per heavy atom. The molecule has 146 heavy (non-hydrogen) atoms. The number of unbranched alkanes of at least 4 members (excludes halogenated alkanes) is 15. The number of rotatable bonds is 41. The SMILES string of the molecule is C.C.C.C=C(Cl)c1cc(OCCCCCC)cc(C(=O)Cl)c1.CCCCCCBr.CCCCCCOc1cc(C(=O)O)cc(C(=O)O)c1.CCCCCCOc1cc(C(=O)OC)cc(C(=O)OC)c1.CCCCCCOc1cc2cc(c1)C(=O)OCC(F)(F)C(F)(F)C(F)(F)C(F)(F)CCOC2=O.COC(=O)c1cc(O)cc(C(=O)OC)c1.ClCCl.O=S(=O)(Cl)Cl.OCC(F)(F)C(F)(F)C(F)(F)C(F)(F)CO.[2H]CB(C)O. The number of aromatic carboxylic acids is 2. The molecule has 0 aliphatic carbocycles. The summed E-state index contributed by atoms with van der Waals surface area (Å²) in [4.78, 5) is 103. The van der Waals surface area contributed by atoms with Crippen molar-refractivity contribution in [1.29, 1.82) is 0 Å². The van der Waals surface area contributed by atoms with Crippen LogP contribution in [0, 0.1) is 0 Å². The maximum atomic E-state index is 13.9. The number of hydrogen-bond donors (Lipinski definition) is 6. The molecule has 5 aromatic carbocycles. The first-order valence-electron chi connectivity index (χ1n) is 43.8. The van der Waals surface area contributed by atoms with Gasteiger partial charge in [-0.3, -0.25) is 4.79 Å². The number of fused-ring (bicyclic) bond motifs is 2. The highest BCUT2D eigenvalue weighted by atomic mass is 79.9. The molecule has 27 nitrogen and oxygen atoms in total. The number of ether oxygens (including phenoxy) is 10. The van der Waals surface area contributed by atoms with Gasteiger partial charge in [-0.1, -0.05) is 201 Å². The van der Waals surface area contributed by atoms with Gasteiger partial charge in [-0.05, 0) is 140 Å². The molecule has 0 saturated carbocycles. The average Bonchev–Trinajstić information content (AvgIpc) is 0.739. The number of cyclic esters (lactones) is 2. The summed E-state index contributed by atoms with van der Waals surface area (Å²) in [6.45, 7) is 7.68. The van der Waals surface area contributed by atoms with Gasteiger partial charge in [0, 0.05) is 38.7 Å². The predicted molar refractivity (Wildman–Crippen MR) is 531 cm³/mol. The number of aliphatic hydroxyl groups is 2. The highest BCUT2D eigenvalue weighted by molar-refractivity contribution is 9.09. The minimum Gasteiger partial charge on any atom is -0.508 e. The van der Waals surface area contributed by atoms with Crippen molar-refractivity contribution in [2.24, 2.45) is 0 Å². The Kier molecular flexibility index (Phi) is 78.6. The molecule has 838 valence electrons. The van der Waals surface area contributed by atoms with Crippen molar-refractivity contribution in [2.45, 2.75) is 253 Å². The van der Waals surface area contributed by atoms with Crippen molar-refractivity contribution in [3.63, 3.8) is 0 Å². The van der Waals surface area contributed by atoms with Crippen LogP contribution in [0.2, 0.25) is 13.6 Å². The smallest absolute Gasteiger partial charge is 0.381 e. The number of phenolic OH excluding ortho intramolecular Hbond substituents is 1. The molecule has 0 spiro atoms. The van der Waals surface area contributed by atoms with Crippen molar-refractivity contribution in [3.8, 4) is 28.7 Å². The first kappa shape index (κ1) is 148. The van der Waals surface area contributed by atoms with E-state index in [-0.39, 0.29) is 91.7 Å². The number of carbonyl (C=O) groups excluding carboxylic acids is 7. The number of hydrogen-bond acceptors (Lipinski definition) is 25. The second-order valence-corrected chi connectivity index (χ2v) is 35.7. The summed E-state index contributed by atoms with van der Waals surface area (Å²) in [5.74, 6) is -55.8. The summed E-state index contributed by atoms with van der Waals surface area (Å²) in [6, 6.07) is 19.9. The second kappa shape index (κ2) is 77.6. The molecule has 6 rings (SSSR count). The van der Waals surface area contributed by atoms with E-state index in [1.165, 1.54) is 115 Å². The number of phenols is 1. The van der Waals surface area contributed by atoms with Gasteiger partial charge in [0.1, 0.15) is 42.0 Å². The van der Waals surface area contributed by atoms with Crippen LogP contribution in [0.4, 0.5) is 70.2 Å². The molecule has 52 heteroatoms. The fourth-order valence-corrected chi connectivity index (χ4v) is 11.0. The lowest BCUT2D eigenvalue weighted by atomic mass is 9.76. The Hall–Kier alpha value is -8.74. The molecule has 0 radical (unpaired) electrons. The number of aromatic hydroxyl groups is 1. The third kappa shape index (κ3) is 58.4. The van der Waals surface area contributed by atoms with E-state index in [1.807, 2.05) is 6.92 Å². The third-order valence-electron chi connectivity index (χ3n) is 17.8. The van der Waals surface area contributed by atoms with Gasteiger partial charge in [-0.15, -0.1) is 23.2 Å². The fraction of sp³-hybridized carbons (Fsp3) is 0.564. The first-order chi connectivity index (χ1) is 66.9. The van der Waals surface area contributed by atoms with Gasteiger partial charge in [0.05, 0.1) is 118 Å². The minimum atomic E-state index is -6.60. The summed E-state index contributed by atoms with van der Waals surface area (Å²) in [5, 5.41) is 52.0. The summed E-state index contributed by atoms with van der Waals surface area (Å²) < 4.78 is 283. The summed E-state index contributed by atoms with van der Waals surface area (Å²) in [5.41, 5.74) is 0.519. The van der Waals surface area contributed by atoms with Gasteiger partial charge < -0.3 is 77.9 Å². The molecule has 0 amide bonds. The van der Waals surface area contributed by atoms with Crippen LogP contribution < -0.4 is 18.9 Å². The van der Waals surface area contributed by atoms with Crippen LogP contribution in [0.15, 0.2) is 97.6 Å². The van der Waals surface area contributed by atoms with E-state index in [4.69, 9.17) is 101 Å². The Morgan fingerprint density at radius 2 is 0.719 bits per heavy atom. The molecule has 0 atom stereocenters. The number of carbonyl (C=O) groups is 9. The fourth-order valence-electron chi connectivity index (χ4n) is 10.4. The van der Waals surface area contributed by atoms with Crippen LogP contribution >= 0.6 is 83.7 Å². The molecule has 1 heterocycles. The van der Waals surface area contributed by atoms with Crippen LogP contribution in [-0.2, 0) is 36.7 Å².